The van der Waals surface area contributed by atoms with Crippen molar-refractivity contribution in [2.75, 3.05) is 6.61 Å². The van der Waals surface area contributed by atoms with Gasteiger partial charge >= 0.3 is 5.97 Å². The Morgan fingerprint density at radius 2 is 2.42 bits per heavy atom. The van der Waals surface area contributed by atoms with Crippen LogP contribution in [0.3, 0.4) is 0 Å². The summed E-state index contributed by atoms with van der Waals surface area (Å²) in [5.74, 6) is -0.351. The first-order valence-electron chi connectivity index (χ1n) is 3.45. The summed E-state index contributed by atoms with van der Waals surface area (Å²) in [7, 11) is 0. The van der Waals surface area contributed by atoms with E-state index >= 15 is 0 Å². The average Bonchev–Trinajstić information content (AvgIpc) is 2.33. The minimum atomic E-state index is -0.351. The van der Waals surface area contributed by atoms with Crippen molar-refractivity contribution in [2.45, 2.75) is 13.8 Å². The Morgan fingerprint density at radius 1 is 1.75 bits per heavy atom. The summed E-state index contributed by atoms with van der Waals surface area (Å²) >= 11 is 4.56. The summed E-state index contributed by atoms with van der Waals surface area (Å²) < 4.78 is 5.50. The molecule has 0 atom stereocenters. The maximum atomic E-state index is 11.1. The van der Waals surface area contributed by atoms with Crippen LogP contribution in [0.5, 0.6) is 0 Å². The first-order chi connectivity index (χ1) is 5.65. The number of esters is 1. The zero-order valence-electron chi connectivity index (χ0n) is 6.76. The first kappa shape index (κ1) is 9.67. The van der Waals surface area contributed by atoms with Crippen molar-refractivity contribution in [2.24, 2.45) is 0 Å². The van der Waals surface area contributed by atoms with E-state index < -0.39 is 0 Å². The van der Waals surface area contributed by atoms with E-state index in [1.54, 1.807) is 6.92 Å². The number of hydrogen-bond donors (Lipinski definition) is 0. The first-order valence-corrected chi connectivity index (χ1v) is 5.06. The van der Waals surface area contributed by atoms with Crippen molar-refractivity contribution in [1.82, 2.24) is 4.98 Å². The van der Waals surface area contributed by atoms with Crippen molar-refractivity contribution >= 4 is 33.2 Å². The van der Waals surface area contributed by atoms with Crippen molar-refractivity contribution in [3.05, 3.63) is 14.5 Å². The lowest BCUT2D eigenvalue weighted by atomic mass is 10.6. The Hall–Kier alpha value is -0.420. The number of hydrogen-bond acceptors (Lipinski definition) is 4. The Bertz CT molecular complexity index is 278. The number of nitrogens with zero attached hydrogens (tertiary/aromatic N) is 1. The highest BCUT2D eigenvalue weighted by atomic mass is 79.9. The lowest BCUT2D eigenvalue weighted by Crippen LogP contribution is -2.03. The SMILES string of the molecule is CCOC(=O)c1nc(Br)c(C)s1. The fourth-order valence-electron chi connectivity index (χ4n) is 0.658. The van der Waals surface area contributed by atoms with Crippen molar-refractivity contribution < 1.29 is 9.53 Å². The van der Waals surface area contributed by atoms with E-state index in [1.165, 1.54) is 11.3 Å². The topological polar surface area (TPSA) is 39.2 Å². The molecule has 0 amide bonds. The van der Waals surface area contributed by atoms with Crippen LogP contribution in [0.4, 0.5) is 0 Å². The number of aromatic nitrogens is 1. The van der Waals surface area contributed by atoms with Gasteiger partial charge in [-0.15, -0.1) is 11.3 Å². The summed E-state index contributed by atoms with van der Waals surface area (Å²) in [5, 5.41) is 0.404. The number of rotatable bonds is 2. The van der Waals surface area contributed by atoms with Crippen LogP contribution in [0.1, 0.15) is 21.6 Å². The van der Waals surface area contributed by atoms with Crippen LogP contribution >= 0.6 is 27.3 Å². The average molecular weight is 250 g/mol. The molecule has 0 unspecified atom stereocenters. The molecule has 0 spiro atoms. The van der Waals surface area contributed by atoms with E-state index in [4.69, 9.17) is 4.74 Å². The molecule has 0 saturated heterocycles. The van der Waals surface area contributed by atoms with Crippen molar-refractivity contribution in [1.29, 1.82) is 0 Å². The van der Waals surface area contributed by atoms with Crippen LogP contribution in [0, 0.1) is 6.92 Å². The van der Waals surface area contributed by atoms with Crippen molar-refractivity contribution in [3.8, 4) is 0 Å². The molecule has 12 heavy (non-hydrogen) atoms. The molecule has 0 saturated carbocycles. The highest BCUT2D eigenvalue weighted by molar-refractivity contribution is 9.10. The highest BCUT2D eigenvalue weighted by Gasteiger charge is 2.13. The third kappa shape index (κ3) is 2.04. The molecule has 1 heterocycles. The molecule has 0 aliphatic rings. The van der Waals surface area contributed by atoms with Gasteiger partial charge in [0.25, 0.3) is 0 Å². The van der Waals surface area contributed by atoms with Gasteiger partial charge in [-0.25, -0.2) is 9.78 Å². The van der Waals surface area contributed by atoms with Gasteiger partial charge in [0.15, 0.2) is 0 Å². The minimum absolute atomic E-state index is 0.351. The lowest BCUT2D eigenvalue weighted by Gasteiger charge is -1.94. The summed E-state index contributed by atoms with van der Waals surface area (Å²) in [6.45, 7) is 4.05. The van der Waals surface area contributed by atoms with E-state index in [0.29, 0.717) is 11.6 Å². The smallest absolute Gasteiger partial charge is 0.367 e. The van der Waals surface area contributed by atoms with Gasteiger partial charge in [-0.05, 0) is 29.8 Å². The molecule has 0 aliphatic carbocycles. The fraction of sp³-hybridized carbons (Fsp3) is 0.429. The van der Waals surface area contributed by atoms with Gasteiger partial charge in [0, 0.05) is 4.88 Å². The van der Waals surface area contributed by atoms with Gasteiger partial charge in [0.05, 0.1) is 6.61 Å². The van der Waals surface area contributed by atoms with Crippen LogP contribution in [-0.2, 0) is 4.74 Å². The van der Waals surface area contributed by atoms with Gasteiger partial charge in [0.1, 0.15) is 4.60 Å². The Kier molecular flexibility index (Phi) is 3.22. The zero-order chi connectivity index (χ0) is 9.14. The molecule has 5 heteroatoms. The molecule has 1 aromatic heterocycles. The fourth-order valence-corrected chi connectivity index (χ4v) is 1.89. The number of aryl methyl sites for hydroxylation is 1. The predicted molar refractivity (Wildman–Crippen MR) is 50.5 cm³/mol. The molecule has 0 aromatic carbocycles. The second-order valence-electron chi connectivity index (χ2n) is 2.09. The highest BCUT2D eigenvalue weighted by Crippen LogP contribution is 2.22. The molecule has 0 bridgehead atoms. The molecular formula is C7H8BrNO2S. The standard InChI is InChI=1S/C7H8BrNO2S/c1-3-11-7(10)6-9-5(8)4(2)12-6/h3H2,1-2H3. The van der Waals surface area contributed by atoms with E-state index in [9.17, 15) is 4.79 Å². The number of carbonyl (C=O) groups is 1. The largest absolute Gasteiger partial charge is 0.461 e. The zero-order valence-corrected chi connectivity index (χ0v) is 9.16. The van der Waals surface area contributed by atoms with Crippen molar-refractivity contribution in [3.63, 3.8) is 0 Å². The van der Waals surface area contributed by atoms with Gasteiger partial charge in [0.2, 0.25) is 5.01 Å². The van der Waals surface area contributed by atoms with E-state index in [1.807, 2.05) is 6.92 Å². The second kappa shape index (κ2) is 4.00. The maximum Gasteiger partial charge on any atom is 0.367 e. The van der Waals surface area contributed by atoms with E-state index in [0.717, 1.165) is 9.48 Å². The molecule has 1 aromatic rings. The Morgan fingerprint density at radius 3 is 2.83 bits per heavy atom. The molecular weight excluding hydrogens is 242 g/mol. The molecule has 66 valence electrons. The predicted octanol–water partition coefficient (Wildman–Crippen LogP) is 2.39. The van der Waals surface area contributed by atoms with Crippen LogP contribution in [0.15, 0.2) is 4.60 Å². The Labute approximate surface area is 82.9 Å². The van der Waals surface area contributed by atoms with E-state index in [-0.39, 0.29) is 5.97 Å². The third-order valence-electron chi connectivity index (χ3n) is 1.19. The number of halogens is 1. The normalized spacial score (nSPS) is 9.92. The quantitative estimate of drug-likeness (QED) is 0.756. The molecule has 0 N–H and O–H groups in total. The summed E-state index contributed by atoms with van der Waals surface area (Å²) in [5.41, 5.74) is 0. The summed E-state index contributed by atoms with van der Waals surface area (Å²) in [6, 6.07) is 0. The Balaban J connectivity index is 2.82. The molecule has 0 aliphatic heterocycles. The van der Waals surface area contributed by atoms with Gasteiger partial charge in [-0.3, -0.25) is 0 Å². The molecule has 1 rings (SSSR count). The van der Waals surface area contributed by atoms with Gasteiger partial charge in [-0.2, -0.15) is 0 Å². The van der Waals surface area contributed by atoms with E-state index in [2.05, 4.69) is 20.9 Å². The summed E-state index contributed by atoms with van der Waals surface area (Å²) in [4.78, 5) is 16.1. The van der Waals surface area contributed by atoms with Gasteiger partial charge < -0.3 is 4.74 Å². The van der Waals surface area contributed by atoms with Crippen LogP contribution in [-0.4, -0.2) is 17.6 Å². The number of carbonyl (C=O) groups excluding carboxylic acids is 1. The van der Waals surface area contributed by atoms with Crippen LogP contribution < -0.4 is 0 Å². The maximum absolute atomic E-state index is 11.1. The molecule has 0 fully saturated rings. The lowest BCUT2D eigenvalue weighted by molar-refractivity contribution is 0.0526. The number of ether oxygens (including phenoxy) is 1. The van der Waals surface area contributed by atoms with Gasteiger partial charge in [-0.1, -0.05) is 0 Å². The minimum Gasteiger partial charge on any atom is -0.461 e. The van der Waals surface area contributed by atoms with Crippen LogP contribution in [0.25, 0.3) is 0 Å². The van der Waals surface area contributed by atoms with Crippen LogP contribution in [0.2, 0.25) is 0 Å². The molecule has 0 radical (unpaired) electrons. The molecule has 3 nitrogen and oxygen atoms in total. The summed E-state index contributed by atoms with van der Waals surface area (Å²) in [6.07, 6.45) is 0. The number of thiazole rings is 1. The second-order valence-corrected chi connectivity index (χ2v) is 4.04. The monoisotopic (exact) mass is 249 g/mol. The third-order valence-corrected chi connectivity index (χ3v) is 3.18.